The van der Waals surface area contributed by atoms with Crippen LogP contribution in [-0.4, -0.2) is 51.3 Å². The molecule has 0 bridgehead atoms. The number of hydrogen-bond donors (Lipinski definition) is 1. The molecule has 1 aliphatic rings. The van der Waals surface area contributed by atoms with Gasteiger partial charge in [0.05, 0.1) is 34.6 Å². The van der Waals surface area contributed by atoms with Crippen molar-refractivity contribution in [2.24, 2.45) is 5.14 Å². The maximum absolute atomic E-state index is 14.8. The number of aromatic nitrogens is 2. The molecule has 6 nitrogen and oxygen atoms in total. The summed E-state index contributed by atoms with van der Waals surface area (Å²) in [7, 11) is 0.000144. The average molecular weight is 441 g/mol. The summed E-state index contributed by atoms with van der Waals surface area (Å²) in [6.07, 6.45) is 1.98. The molecule has 2 N–H and O–H groups in total. The van der Waals surface area contributed by atoms with Crippen LogP contribution in [0.15, 0.2) is 35.4 Å². The molecule has 0 amide bonds. The van der Waals surface area contributed by atoms with Gasteiger partial charge in [-0.2, -0.15) is 0 Å². The van der Waals surface area contributed by atoms with Crippen LogP contribution in [0.4, 0.5) is 8.78 Å². The van der Waals surface area contributed by atoms with Crippen molar-refractivity contribution in [3.8, 4) is 11.3 Å². The molecule has 1 saturated heterocycles. The van der Waals surface area contributed by atoms with Crippen LogP contribution in [0.2, 0.25) is 5.02 Å². The van der Waals surface area contributed by atoms with Gasteiger partial charge in [-0.3, -0.25) is 0 Å². The Morgan fingerprint density at radius 1 is 1.34 bits per heavy atom. The van der Waals surface area contributed by atoms with E-state index in [1.54, 1.807) is 22.7 Å². The Balaban J connectivity index is 1.87. The number of pyridine rings is 1. The summed E-state index contributed by atoms with van der Waals surface area (Å²) in [6.45, 7) is 2.10. The van der Waals surface area contributed by atoms with E-state index >= 15 is 0 Å². The van der Waals surface area contributed by atoms with E-state index < -0.39 is 22.6 Å². The average Bonchev–Trinajstić information content (AvgIpc) is 2.98. The van der Waals surface area contributed by atoms with Crippen molar-refractivity contribution in [1.82, 2.24) is 14.3 Å². The monoisotopic (exact) mass is 440 g/mol. The Kier molecular flexibility index (Phi) is 5.67. The van der Waals surface area contributed by atoms with Gasteiger partial charge in [-0.05, 0) is 25.2 Å². The van der Waals surface area contributed by atoms with Crippen molar-refractivity contribution >= 4 is 28.2 Å². The first-order valence-electron chi connectivity index (χ1n) is 8.95. The van der Waals surface area contributed by atoms with Gasteiger partial charge in [0.1, 0.15) is 28.3 Å². The minimum absolute atomic E-state index is 0.130. The lowest BCUT2D eigenvalue weighted by molar-refractivity contribution is -0.0190. The molecule has 1 aliphatic heterocycles. The molecule has 0 aliphatic carbocycles. The molecule has 0 saturated carbocycles. The molecule has 4 rings (SSSR count). The highest BCUT2D eigenvalue weighted by atomic mass is 35.5. The minimum atomic E-state index is -2.00. The summed E-state index contributed by atoms with van der Waals surface area (Å²) in [5, 5.41) is 5.73. The molecule has 1 fully saturated rings. The molecular weight excluding hydrogens is 422 g/mol. The number of nitrogens with two attached hydrogens (primary N) is 1. The van der Waals surface area contributed by atoms with Crippen LogP contribution in [0.25, 0.3) is 16.9 Å². The molecule has 1 aromatic carbocycles. The summed E-state index contributed by atoms with van der Waals surface area (Å²) in [4.78, 5) is 6.46. The van der Waals surface area contributed by atoms with Crippen molar-refractivity contribution in [3.63, 3.8) is 0 Å². The lowest BCUT2D eigenvalue weighted by Gasteiger charge is -2.30. The third-order valence-electron chi connectivity index (χ3n) is 4.93. The summed E-state index contributed by atoms with van der Waals surface area (Å²) in [5.41, 5.74) is 0.944. The normalized spacial score (nSPS) is 19.0. The van der Waals surface area contributed by atoms with Gasteiger partial charge >= 0.3 is 0 Å². The topological polar surface area (TPSA) is 72.9 Å². The summed E-state index contributed by atoms with van der Waals surface area (Å²) < 4.78 is 48.7. The Hall–Kier alpha value is -1.91. The minimum Gasteiger partial charge on any atom is -0.375 e. The number of benzene rings is 1. The van der Waals surface area contributed by atoms with Gasteiger partial charge in [-0.1, -0.05) is 11.6 Å². The van der Waals surface area contributed by atoms with Crippen LogP contribution in [0.3, 0.4) is 0 Å². The van der Waals surface area contributed by atoms with Crippen LogP contribution in [0.5, 0.6) is 0 Å². The van der Waals surface area contributed by atoms with E-state index in [1.165, 1.54) is 0 Å². The number of fused-ring (bicyclic) bond motifs is 1. The molecule has 154 valence electrons. The van der Waals surface area contributed by atoms with Gasteiger partial charge in [-0.15, -0.1) is 0 Å². The summed E-state index contributed by atoms with van der Waals surface area (Å²) in [5.74, 6) is -1.76. The molecule has 3 heterocycles. The fraction of sp³-hybridized carbons (Fsp3) is 0.316. The number of rotatable bonds is 4. The van der Waals surface area contributed by atoms with E-state index in [0.717, 1.165) is 18.7 Å². The number of imidazole rings is 1. The molecule has 0 radical (unpaired) electrons. The predicted octanol–water partition coefficient (Wildman–Crippen LogP) is 2.79. The van der Waals surface area contributed by atoms with E-state index in [9.17, 15) is 13.0 Å². The zero-order valence-electron chi connectivity index (χ0n) is 15.6. The van der Waals surface area contributed by atoms with Crippen LogP contribution < -0.4 is 5.14 Å². The highest BCUT2D eigenvalue weighted by Crippen LogP contribution is 2.32. The zero-order valence-corrected chi connectivity index (χ0v) is 17.1. The van der Waals surface area contributed by atoms with E-state index in [0.29, 0.717) is 35.9 Å². The van der Waals surface area contributed by atoms with Crippen molar-refractivity contribution < 1.29 is 17.7 Å². The lowest BCUT2D eigenvalue weighted by Crippen LogP contribution is -2.41. The van der Waals surface area contributed by atoms with Crippen LogP contribution in [0, 0.1) is 11.6 Å². The van der Waals surface area contributed by atoms with Gasteiger partial charge in [-0.25, -0.2) is 23.1 Å². The Morgan fingerprint density at radius 3 is 2.72 bits per heavy atom. The zero-order chi connectivity index (χ0) is 20.7. The third kappa shape index (κ3) is 4.06. The fourth-order valence-electron chi connectivity index (χ4n) is 3.56. The molecule has 2 atom stereocenters. The molecule has 2 aromatic heterocycles. The standard InChI is InChI=1S/C19H19ClF2N4O2S/c1-25-4-5-28-12(10-25)7-16-19(24-17-6-11(20)2-3-26(16)17)18-14(21)8-13(29(23)27)9-15(18)22/h2-3,6,8-9,12H,4-5,7,10,23H2,1H3. The molecule has 2 unspecified atom stereocenters. The van der Waals surface area contributed by atoms with Crippen LogP contribution in [-0.2, 0) is 22.1 Å². The van der Waals surface area contributed by atoms with Gasteiger partial charge in [0.15, 0.2) is 0 Å². The Bertz CT molecular complexity index is 1080. The molecule has 10 heteroatoms. The first kappa shape index (κ1) is 20.4. The molecule has 0 spiro atoms. The van der Waals surface area contributed by atoms with Crippen LogP contribution in [0.1, 0.15) is 5.69 Å². The highest BCUT2D eigenvalue weighted by Gasteiger charge is 2.26. The number of hydrogen-bond acceptors (Lipinski definition) is 4. The first-order valence-corrected chi connectivity index (χ1v) is 10.5. The number of nitrogens with zero attached hydrogens (tertiary/aromatic N) is 3. The molecule has 29 heavy (non-hydrogen) atoms. The van der Waals surface area contributed by atoms with Gasteiger partial charge in [0.25, 0.3) is 0 Å². The second kappa shape index (κ2) is 8.08. The number of morpholine rings is 1. The Labute approximate surface area is 173 Å². The van der Waals surface area contributed by atoms with Crippen molar-refractivity contribution in [3.05, 3.63) is 52.8 Å². The SMILES string of the molecule is CN1CCOC(Cc2c(-c3c(F)cc(S(N)=O)cc3F)nc3cc(Cl)ccn23)C1. The molecular formula is C19H19ClF2N4O2S. The van der Waals surface area contributed by atoms with E-state index in [1.807, 2.05) is 7.05 Å². The Morgan fingerprint density at radius 2 is 2.07 bits per heavy atom. The van der Waals surface area contributed by atoms with Gasteiger partial charge in [0.2, 0.25) is 0 Å². The number of ether oxygens (including phenoxy) is 1. The maximum Gasteiger partial charge on any atom is 0.139 e. The maximum atomic E-state index is 14.8. The number of likely N-dealkylation sites (N-methyl/N-ethyl adjacent to an activating group) is 1. The van der Waals surface area contributed by atoms with Crippen LogP contribution >= 0.6 is 11.6 Å². The van der Waals surface area contributed by atoms with Crippen molar-refractivity contribution in [1.29, 1.82) is 0 Å². The molecule has 3 aromatic rings. The highest BCUT2D eigenvalue weighted by molar-refractivity contribution is 7.82. The second-order valence-corrected chi connectivity index (χ2v) is 8.50. The van der Waals surface area contributed by atoms with Crippen molar-refractivity contribution in [2.45, 2.75) is 17.4 Å². The van der Waals surface area contributed by atoms with Crippen molar-refractivity contribution in [2.75, 3.05) is 26.7 Å². The van der Waals surface area contributed by atoms with E-state index in [4.69, 9.17) is 21.5 Å². The van der Waals surface area contributed by atoms with E-state index in [2.05, 4.69) is 9.88 Å². The predicted molar refractivity (Wildman–Crippen MR) is 107 cm³/mol. The smallest absolute Gasteiger partial charge is 0.139 e. The summed E-state index contributed by atoms with van der Waals surface area (Å²) in [6, 6.07) is 5.26. The lowest BCUT2D eigenvalue weighted by atomic mass is 10.0. The van der Waals surface area contributed by atoms with Gasteiger partial charge in [0, 0.05) is 36.8 Å². The fourth-order valence-corrected chi connectivity index (χ4v) is 4.16. The number of halogens is 3. The summed E-state index contributed by atoms with van der Waals surface area (Å²) >= 11 is 6.07. The first-order chi connectivity index (χ1) is 13.8. The third-order valence-corrected chi connectivity index (χ3v) is 5.87. The van der Waals surface area contributed by atoms with Gasteiger partial charge < -0.3 is 14.0 Å². The second-order valence-electron chi connectivity index (χ2n) is 7.00. The largest absolute Gasteiger partial charge is 0.375 e. The quantitative estimate of drug-likeness (QED) is 0.677. The van der Waals surface area contributed by atoms with E-state index in [-0.39, 0.29) is 22.3 Å².